The molecule has 0 spiro atoms. The topological polar surface area (TPSA) is 44.7 Å². The number of rotatable bonds is 9. The molecule has 4 nitrogen and oxygen atoms in total. The van der Waals surface area contributed by atoms with Crippen LogP contribution in [0.3, 0.4) is 0 Å². The van der Waals surface area contributed by atoms with Crippen LogP contribution in [0, 0.1) is 5.92 Å². The molecule has 1 saturated heterocycles. The van der Waals surface area contributed by atoms with E-state index in [0.29, 0.717) is 19.3 Å². The minimum atomic E-state index is 0.115. The molecule has 1 rings (SSSR count). The number of likely N-dealkylation sites (tertiary alicyclic amines) is 1. The van der Waals surface area contributed by atoms with E-state index in [-0.39, 0.29) is 6.61 Å². The predicted molar refractivity (Wildman–Crippen MR) is 74.8 cm³/mol. The molecule has 0 aromatic carbocycles. The molecule has 2 N–H and O–H groups in total. The van der Waals surface area contributed by atoms with Gasteiger partial charge in [-0.15, -0.1) is 0 Å². The molecule has 2 atom stereocenters. The zero-order chi connectivity index (χ0) is 13.2. The van der Waals surface area contributed by atoms with Crippen molar-refractivity contribution in [2.45, 2.75) is 39.2 Å². The smallest absolute Gasteiger partial charge is 0.0698 e. The number of nitrogens with zero attached hydrogens (tertiary/aromatic N) is 1. The first kappa shape index (κ1) is 15.9. The van der Waals surface area contributed by atoms with Gasteiger partial charge in [0.1, 0.15) is 0 Å². The molecular weight excluding hydrogens is 228 g/mol. The third-order valence-electron chi connectivity index (χ3n) is 3.74. The fraction of sp³-hybridized carbons (Fsp3) is 1.00. The number of aliphatic hydroxyl groups excluding tert-OH is 1. The first-order chi connectivity index (χ1) is 8.77. The van der Waals surface area contributed by atoms with E-state index in [9.17, 15) is 0 Å². The molecule has 0 saturated carbocycles. The maximum atomic E-state index is 8.61. The molecular formula is C14H30N2O2. The highest BCUT2D eigenvalue weighted by Gasteiger charge is 2.23. The second kappa shape index (κ2) is 9.73. The largest absolute Gasteiger partial charge is 0.394 e. The molecule has 108 valence electrons. The Kier molecular flexibility index (Phi) is 8.59. The highest BCUT2D eigenvalue weighted by molar-refractivity contribution is 4.80. The highest BCUT2D eigenvalue weighted by atomic mass is 16.5. The van der Waals surface area contributed by atoms with Crippen molar-refractivity contribution in [2.24, 2.45) is 5.92 Å². The number of hydrogen-bond donors (Lipinski definition) is 2. The zero-order valence-electron chi connectivity index (χ0n) is 12.0. The Labute approximate surface area is 112 Å². The quantitative estimate of drug-likeness (QED) is 0.608. The lowest BCUT2D eigenvalue weighted by atomic mass is 9.91. The third kappa shape index (κ3) is 6.14. The first-order valence-electron chi connectivity index (χ1n) is 7.42. The van der Waals surface area contributed by atoms with Crippen LogP contribution in [0.4, 0.5) is 0 Å². The second-order valence-electron chi connectivity index (χ2n) is 5.28. The summed E-state index contributed by atoms with van der Waals surface area (Å²) in [4.78, 5) is 2.59. The standard InChI is InChI=1S/C14H30N2O2/c1-3-7-16-8-4-5-14(12-16)13(2)15-6-10-18-11-9-17/h13-15,17H,3-12H2,1-2H3. The molecule has 1 heterocycles. The molecule has 0 amide bonds. The van der Waals surface area contributed by atoms with E-state index in [4.69, 9.17) is 9.84 Å². The molecule has 2 unspecified atom stereocenters. The van der Waals surface area contributed by atoms with Crippen molar-refractivity contribution in [1.29, 1.82) is 0 Å². The Bertz CT molecular complexity index is 200. The minimum Gasteiger partial charge on any atom is -0.394 e. The van der Waals surface area contributed by atoms with Crippen molar-refractivity contribution in [3.8, 4) is 0 Å². The Morgan fingerprint density at radius 2 is 2.28 bits per heavy atom. The van der Waals surface area contributed by atoms with Gasteiger partial charge < -0.3 is 20.1 Å². The molecule has 1 fully saturated rings. The van der Waals surface area contributed by atoms with Gasteiger partial charge in [-0.2, -0.15) is 0 Å². The van der Waals surface area contributed by atoms with Crippen LogP contribution in [-0.2, 0) is 4.74 Å². The average Bonchev–Trinajstić information content (AvgIpc) is 2.39. The molecule has 4 heteroatoms. The van der Waals surface area contributed by atoms with E-state index in [1.165, 1.54) is 38.9 Å². The van der Waals surface area contributed by atoms with Crippen LogP contribution in [0.1, 0.15) is 33.1 Å². The van der Waals surface area contributed by atoms with Crippen LogP contribution in [0.25, 0.3) is 0 Å². The van der Waals surface area contributed by atoms with Gasteiger partial charge in [0.2, 0.25) is 0 Å². The first-order valence-corrected chi connectivity index (χ1v) is 7.42. The Morgan fingerprint density at radius 1 is 1.44 bits per heavy atom. The number of ether oxygens (including phenoxy) is 1. The van der Waals surface area contributed by atoms with Gasteiger partial charge in [-0.1, -0.05) is 6.92 Å². The normalized spacial score (nSPS) is 23.2. The third-order valence-corrected chi connectivity index (χ3v) is 3.74. The number of hydrogen-bond acceptors (Lipinski definition) is 4. The van der Waals surface area contributed by atoms with Gasteiger partial charge in [-0.05, 0) is 45.2 Å². The van der Waals surface area contributed by atoms with Crippen molar-refractivity contribution in [1.82, 2.24) is 10.2 Å². The lowest BCUT2D eigenvalue weighted by Crippen LogP contribution is -2.45. The van der Waals surface area contributed by atoms with Gasteiger partial charge in [-0.3, -0.25) is 0 Å². The highest BCUT2D eigenvalue weighted by Crippen LogP contribution is 2.19. The average molecular weight is 258 g/mol. The lowest BCUT2D eigenvalue weighted by molar-refractivity contribution is 0.0888. The molecule has 1 aliphatic rings. The second-order valence-corrected chi connectivity index (χ2v) is 5.28. The van der Waals surface area contributed by atoms with Crippen LogP contribution in [0.5, 0.6) is 0 Å². The van der Waals surface area contributed by atoms with Crippen molar-refractivity contribution >= 4 is 0 Å². The van der Waals surface area contributed by atoms with Gasteiger partial charge in [0.05, 0.1) is 19.8 Å². The molecule has 18 heavy (non-hydrogen) atoms. The zero-order valence-corrected chi connectivity index (χ0v) is 12.0. The summed E-state index contributed by atoms with van der Waals surface area (Å²) in [5.41, 5.74) is 0. The Balaban J connectivity index is 2.13. The fourth-order valence-electron chi connectivity index (χ4n) is 2.71. The van der Waals surface area contributed by atoms with E-state index < -0.39 is 0 Å². The number of piperidine rings is 1. The van der Waals surface area contributed by atoms with Gasteiger partial charge in [0, 0.05) is 19.1 Å². The summed E-state index contributed by atoms with van der Waals surface area (Å²) < 4.78 is 5.26. The molecule has 0 aliphatic carbocycles. The van der Waals surface area contributed by atoms with Crippen LogP contribution >= 0.6 is 0 Å². The maximum absolute atomic E-state index is 8.61. The molecule has 0 aromatic heterocycles. The maximum Gasteiger partial charge on any atom is 0.0698 e. The SMILES string of the molecule is CCCN1CCCC(C(C)NCCOCCO)C1. The van der Waals surface area contributed by atoms with Crippen molar-refractivity contribution in [3.05, 3.63) is 0 Å². The summed E-state index contributed by atoms with van der Waals surface area (Å²) in [7, 11) is 0. The Hall–Kier alpha value is -0.160. The van der Waals surface area contributed by atoms with Gasteiger partial charge in [-0.25, -0.2) is 0 Å². The lowest BCUT2D eigenvalue weighted by Gasteiger charge is -2.36. The molecule has 0 radical (unpaired) electrons. The van der Waals surface area contributed by atoms with E-state index in [1.807, 2.05) is 0 Å². The van der Waals surface area contributed by atoms with E-state index in [2.05, 4.69) is 24.1 Å². The minimum absolute atomic E-state index is 0.115. The van der Waals surface area contributed by atoms with Crippen LogP contribution in [-0.4, -0.2) is 62.0 Å². The van der Waals surface area contributed by atoms with E-state index >= 15 is 0 Å². The summed E-state index contributed by atoms with van der Waals surface area (Å²) in [6.45, 7) is 10.4. The van der Waals surface area contributed by atoms with Crippen LogP contribution in [0.15, 0.2) is 0 Å². The number of aliphatic hydroxyl groups is 1. The summed E-state index contributed by atoms with van der Waals surface area (Å²) in [5.74, 6) is 0.767. The number of nitrogens with one attached hydrogen (secondary N) is 1. The van der Waals surface area contributed by atoms with Gasteiger partial charge in [0.25, 0.3) is 0 Å². The summed E-state index contributed by atoms with van der Waals surface area (Å²) in [5, 5.41) is 12.1. The molecule has 1 aliphatic heterocycles. The summed E-state index contributed by atoms with van der Waals surface area (Å²) in [6, 6.07) is 0.558. The molecule has 0 aromatic rings. The van der Waals surface area contributed by atoms with E-state index in [0.717, 1.165) is 12.5 Å². The monoisotopic (exact) mass is 258 g/mol. The Morgan fingerprint density at radius 3 is 3.00 bits per heavy atom. The summed E-state index contributed by atoms with van der Waals surface area (Å²) in [6.07, 6.45) is 3.92. The molecule has 0 bridgehead atoms. The van der Waals surface area contributed by atoms with Crippen LogP contribution in [0.2, 0.25) is 0 Å². The van der Waals surface area contributed by atoms with Crippen molar-refractivity contribution in [2.75, 3.05) is 46.0 Å². The van der Waals surface area contributed by atoms with Gasteiger partial charge >= 0.3 is 0 Å². The van der Waals surface area contributed by atoms with Gasteiger partial charge in [0.15, 0.2) is 0 Å². The van der Waals surface area contributed by atoms with E-state index in [1.54, 1.807) is 0 Å². The predicted octanol–water partition coefficient (Wildman–Crippen LogP) is 1.10. The van der Waals surface area contributed by atoms with Crippen molar-refractivity contribution < 1.29 is 9.84 Å². The van der Waals surface area contributed by atoms with Crippen molar-refractivity contribution in [3.63, 3.8) is 0 Å². The van der Waals surface area contributed by atoms with Crippen LogP contribution < -0.4 is 5.32 Å². The summed E-state index contributed by atoms with van der Waals surface area (Å²) >= 11 is 0. The fourth-order valence-corrected chi connectivity index (χ4v) is 2.71.